The van der Waals surface area contributed by atoms with E-state index >= 15 is 0 Å². The van der Waals surface area contributed by atoms with Crippen LogP contribution < -0.4 is 4.90 Å². The van der Waals surface area contributed by atoms with E-state index in [9.17, 15) is 4.79 Å². The summed E-state index contributed by atoms with van der Waals surface area (Å²) in [5.41, 5.74) is 1.10. The van der Waals surface area contributed by atoms with E-state index in [-0.39, 0.29) is 5.91 Å². The molecule has 0 bridgehead atoms. The molecule has 0 aliphatic carbocycles. The highest BCUT2D eigenvalue weighted by Gasteiger charge is 2.24. The summed E-state index contributed by atoms with van der Waals surface area (Å²) in [5.74, 6) is 0.824. The molecule has 3 heterocycles. The van der Waals surface area contributed by atoms with Crippen molar-refractivity contribution in [1.82, 2.24) is 24.9 Å². The van der Waals surface area contributed by atoms with Crippen LogP contribution in [0.25, 0.3) is 5.69 Å². The average Bonchev–Trinajstić information content (AvgIpc) is 3.18. The van der Waals surface area contributed by atoms with E-state index in [1.807, 2.05) is 30.3 Å². The predicted octanol–water partition coefficient (Wildman–Crippen LogP) is 2.28. The van der Waals surface area contributed by atoms with Gasteiger partial charge in [0.1, 0.15) is 5.82 Å². The van der Waals surface area contributed by atoms with Gasteiger partial charge in [-0.1, -0.05) is 28.9 Å². The van der Waals surface area contributed by atoms with Crippen molar-refractivity contribution in [2.45, 2.75) is 0 Å². The number of carbonyl (C=O) groups excluding carboxylic acids is 1. The van der Waals surface area contributed by atoms with Gasteiger partial charge >= 0.3 is 0 Å². The average molecular weight is 369 g/mol. The van der Waals surface area contributed by atoms with Gasteiger partial charge in [-0.3, -0.25) is 4.79 Å². The number of anilines is 1. The maximum Gasteiger partial charge on any atom is 0.276 e. The van der Waals surface area contributed by atoms with Crippen molar-refractivity contribution >= 4 is 23.3 Å². The minimum absolute atomic E-state index is 0.112. The zero-order valence-corrected chi connectivity index (χ0v) is 14.8. The summed E-state index contributed by atoms with van der Waals surface area (Å²) < 4.78 is 1.56. The number of aromatic nitrogens is 4. The summed E-state index contributed by atoms with van der Waals surface area (Å²) in [5, 5.41) is 8.68. The summed E-state index contributed by atoms with van der Waals surface area (Å²) in [6.45, 7) is 2.73. The number of amides is 1. The van der Waals surface area contributed by atoms with Crippen molar-refractivity contribution in [2.75, 3.05) is 31.1 Å². The predicted molar refractivity (Wildman–Crippen MR) is 98.7 cm³/mol. The fourth-order valence-corrected chi connectivity index (χ4v) is 3.13. The lowest BCUT2D eigenvalue weighted by atomic mass is 10.2. The quantitative estimate of drug-likeness (QED) is 0.709. The van der Waals surface area contributed by atoms with Crippen LogP contribution in [0.5, 0.6) is 0 Å². The van der Waals surface area contributed by atoms with Gasteiger partial charge in [-0.05, 0) is 30.3 Å². The molecule has 3 aromatic rings. The van der Waals surface area contributed by atoms with Gasteiger partial charge in [-0.15, -0.1) is 5.10 Å². The number of piperazine rings is 1. The molecule has 8 heteroatoms. The number of nitrogens with zero attached hydrogens (tertiary/aromatic N) is 6. The molecule has 0 saturated carbocycles. The second kappa shape index (κ2) is 7.13. The van der Waals surface area contributed by atoms with Crippen molar-refractivity contribution in [2.24, 2.45) is 0 Å². The molecule has 0 radical (unpaired) electrons. The van der Waals surface area contributed by atoms with E-state index in [1.54, 1.807) is 34.1 Å². The van der Waals surface area contributed by atoms with Crippen molar-refractivity contribution in [3.63, 3.8) is 0 Å². The van der Waals surface area contributed by atoms with Crippen LogP contribution in [0.3, 0.4) is 0 Å². The minimum Gasteiger partial charge on any atom is -0.353 e. The number of hydrogen-bond acceptors (Lipinski definition) is 5. The Balaban J connectivity index is 1.43. The Labute approximate surface area is 155 Å². The molecule has 26 heavy (non-hydrogen) atoms. The topological polar surface area (TPSA) is 67.2 Å². The monoisotopic (exact) mass is 368 g/mol. The summed E-state index contributed by atoms with van der Waals surface area (Å²) in [6.07, 6.45) is 3.42. The summed E-state index contributed by atoms with van der Waals surface area (Å²) in [7, 11) is 0. The molecule has 0 atom stereocenters. The van der Waals surface area contributed by atoms with E-state index in [2.05, 4.69) is 20.2 Å². The van der Waals surface area contributed by atoms with E-state index in [1.165, 1.54) is 0 Å². The molecule has 1 aliphatic heterocycles. The maximum absolute atomic E-state index is 12.7. The first-order chi connectivity index (χ1) is 12.7. The van der Waals surface area contributed by atoms with Crippen LogP contribution in [0.1, 0.15) is 10.5 Å². The number of hydrogen-bond donors (Lipinski definition) is 0. The third-order valence-electron chi connectivity index (χ3n) is 4.33. The molecule has 1 amide bonds. The fourth-order valence-electron chi connectivity index (χ4n) is 2.95. The van der Waals surface area contributed by atoms with Crippen LogP contribution in [0.15, 0.2) is 54.9 Å². The second-order valence-corrected chi connectivity index (χ2v) is 6.43. The van der Waals surface area contributed by atoms with Crippen LogP contribution in [-0.2, 0) is 0 Å². The first kappa shape index (κ1) is 16.5. The normalized spacial score (nSPS) is 14.5. The summed E-state index contributed by atoms with van der Waals surface area (Å²) in [6, 6.07) is 13.1. The van der Waals surface area contributed by atoms with Crippen molar-refractivity contribution < 1.29 is 4.79 Å². The maximum atomic E-state index is 12.7. The zero-order chi connectivity index (χ0) is 17.9. The third-order valence-corrected chi connectivity index (χ3v) is 4.56. The largest absolute Gasteiger partial charge is 0.353 e. The van der Waals surface area contributed by atoms with E-state index in [0.717, 1.165) is 24.6 Å². The molecule has 0 unspecified atom stereocenters. The van der Waals surface area contributed by atoms with Gasteiger partial charge in [0.15, 0.2) is 5.69 Å². The molecule has 132 valence electrons. The zero-order valence-electron chi connectivity index (χ0n) is 14.0. The van der Waals surface area contributed by atoms with Gasteiger partial charge in [0.2, 0.25) is 0 Å². The van der Waals surface area contributed by atoms with Crippen LogP contribution in [0.2, 0.25) is 5.02 Å². The molecule has 1 aliphatic rings. The van der Waals surface area contributed by atoms with E-state index in [0.29, 0.717) is 23.8 Å². The second-order valence-electron chi connectivity index (χ2n) is 6.00. The Morgan fingerprint density at radius 1 is 1.04 bits per heavy atom. The molecule has 0 N–H and O–H groups in total. The van der Waals surface area contributed by atoms with Crippen LogP contribution in [-0.4, -0.2) is 57.0 Å². The Kier molecular flexibility index (Phi) is 4.53. The number of pyridine rings is 1. The Morgan fingerprint density at radius 2 is 1.88 bits per heavy atom. The Morgan fingerprint density at radius 3 is 2.62 bits per heavy atom. The van der Waals surface area contributed by atoms with Crippen molar-refractivity contribution in [1.29, 1.82) is 0 Å². The molecule has 1 aromatic carbocycles. The molecular formula is C18H17ClN6O. The van der Waals surface area contributed by atoms with Gasteiger partial charge in [-0.2, -0.15) is 0 Å². The Bertz CT molecular complexity index is 905. The van der Waals surface area contributed by atoms with Gasteiger partial charge in [0.25, 0.3) is 5.91 Å². The van der Waals surface area contributed by atoms with Crippen LogP contribution in [0.4, 0.5) is 5.82 Å². The standard InChI is InChI=1S/C18H17ClN6O/c19-14-4-3-5-15(12-14)25-13-16(21-22-25)18(26)24-10-8-23(9-11-24)17-6-1-2-7-20-17/h1-7,12-13H,8-11H2. The lowest BCUT2D eigenvalue weighted by Crippen LogP contribution is -2.49. The van der Waals surface area contributed by atoms with Gasteiger partial charge in [0, 0.05) is 37.4 Å². The van der Waals surface area contributed by atoms with E-state index < -0.39 is 0 Å². The minimum atomic E-state index is -0.112. The molecule has 2 aromatic heterocycles. The lowest BCUT2D eigenvalue weighted by Gasteiger charge is -2.34. The fraction of sp³-hybridized carbons (Fsp3) is 0.222. The highest BCUT2D eigenvalue weighted by Crippen LogP contribution is 2.16. The molecule has 1 saturated heterocycles. The highest BCUT2D eigenvalue weighted by atomic mass is 35.5. The number of carbonyl (C=O) groups is 1. The molecule has 1 fully saturated rings. The molecular weight excluding hydrogens is 352 g/mol. The van der Waals surface area contributed by atoms with Crippen LogP contribution >= 0.6 is 11.6 Å². The van der Waals surface area contributed by atoms with Gasteiger partial charge < -0.3 is 9.80 Å². The molecule has 4 rings (SSSR count). The summed E-state index contributed by atoms with van der Waals surface area (Å²) >= 11 is 6.00. The van der Waals surface area contributed by atoms with Crippen molar-refractivity contribution in [3.8, 4) is 5.69 Å². The first-order valence-electron chi connectivity index (χ1n) is 8.34. The smallest absolute Gasteiger partial charge is 0.276 e. The third kappa shape index (κ3) is 3.39. The molecule has 0 spiro atoms. The Hall–Kier alpha value is -2.93. The number of halogens is 1. The lowest BCUT2D eigenvalue weighted by molar-refractivity contribution is 0.0740. The van der Waals surface area contributed by atoms with Gasteiger partial charge in [0.05, 0.1) is 11.9 Å². The van der Waals surface area contributed by atoms with Crippen LogP contribution in [0, 0.1) is 0 Å². The first-order valence-corrected chi connectivity index (χ1v) is 8.72. The molecule has 7 nitrogen and oxygen atoms in total. The van der Waals surface area contributed by atoms with Gasteiger partial charge in [-0.25, -0.2) is 9.67 Å². The number of rotatable bonds is 3. The van der Waals surface area contributed by atoms with E-state index in [4.69, 9.17) is 11.6 Å². The van der Waals surface area contributed by atoms with Crippen molar-refractivity contribution in [3.05, 3.63) is 65.6 Å². The number of benzene rings is 1. The SMILES string of the molecule is O=C(c1cn(-c2cccc(Cl)c2)nn1)N1CCN(c2ccccn2)CC1. The highest BCUT2D eigenvalue weighted by molar-refractivity contribution is 6.30. The summed E-state index contributed by atoms with van der Waals surface area (Å²) in [4.78, 5) is 21.0.